The van der Waals surface area contributed by atoms with Crippen LogP contribution in [-0.4, -0.2) is 4.89 Å². The number of hydrogen-bond donors (Lipinski definition) is 2. The number of nitrogens with two attached hydrogens (primary N) is 1. The molecule has 2 aromatic carbocycles. The summed E-state index contributed by atoms with van der Waals surface area (Å²) >= 11 is 0. The van der Waals surface area contributed by atoms with Gasteiger partial charge in [-0.1, -0.05) is 18.2 Å². The Morgan fingerprint density at radius 1 is 1.00 bits per heavy atom. The minimum Gasteiger partial charge on any atom is -0.421 e. The SMILES string of the molecule is Nc1ccc(P(=O)(O)Oc2ccccc2)cc1. The fraction of sp³-hybridized carbons (Fsp3) is 0. The van der Waals surface area contributed by atoms with Gasteiger partial charge >= 0.3 is 7.60 Å². The minimum absolute atomic E-state index is 0.218. The molecule has 0 saturated carbocycles. The first-order valence-corrected chi connectivity index (χ1v) is 6.59. The topological polar surface area (TPSA) is 72.6 Å². The number of hydrogen-bond acceptors (Lipinski definition) is 3. The lowest BCUT2D eigenvalue weighted by Gasteiger charge is -2.13. The molecule has 5 heteroatoms. The van der Waals surface area contributed by atoms with Crippen molar-refractivity contribution < 1.29 is 14.0 Å². The molecule has 1 atom stereocenters. The maximum Gasteiger partial charge on any atom is 0.408 e. The summed E-state index contributed by atoms with van der Waals surface area (Å²) in [6.45, 7) is 0. The van der Waals surface area contributed by atoms with E-state index in [0.29, 0.717) is 11.4 Å². The fourth-order valence-corrected chi connectivity index (χ4v) is 2.38. The number of nitrogen functional groups attached to an aromatic ring is 1. The van der Waals surface area contributed by atoms with Gasteiger partial charge in [-0.3, -0.25) is 0 Å². The zero-order valence-corrected chi connectivity index (χ0v) is 9.88. The maximum absolute atomic E-state index is 12.0. The normalized spacial score (nSPS) is 13.9. The van der Waals surface area contributed by atoms with Crippen molar-refractivity contribution in [2.75, 3.05) is 5.73 Å². The summed E-state index contributed by atoms with van der Waals surface area (Å²) < 4.78 is 17.1. The second-order valence-corrected chi connectivity index (χ2v) is 5.26. The van der Waals surface area contributed by atoms with Crippen LogP contribution in [0, 0.1) is 0 Å². The Bertz CT molecular complexity index is 539. The standard InChI is InChI=1S/C12H12NO3P/c13-10-6-8-12(9-7-10)17(14,15)16-11-4-2-1-3-5-11/h1-9H,13H2,(H,14,15). The lowest BCUT2D eigenvalue weighted by Crippen LogP contribution is -2.09. The highest BCUT2D eigenvalue weighted by atomic mass is 31.2. The van der Waals surface area contributed by atoms with Gasteiger partial charge in [-0.05, 0) is 36.4 Å². The van der Waals surface area contributed by atoms with Crippen molar-refractivity contribution in [3.05, 3.63) is 54.6 Å². The molecule has 0 radical (unpaired) electrons. The Morgan fingerprint density at radius 3 is 2.18 bits per heavy atom. The molecule has 0 saturated heterocycles. The van der Waals surface area contributed by atoms with Gasteiger partial charge in [-0.15, -0.1) is 0 Å². The summed E-state index contributed by atoms with van der Waals surface area (Å²) in [7, 11) is -3.84. The van der Waals surface area contributed by atoms with Gasteiger partial charge in [0, 0.05) is 5.69 Å². The monoisotopic (exact) mass is 249 g/mol. The lowest BCUT2D eigenvalue weighted by molar-refractivity contribution is 0.393. The number of rotatable bonds is 3. The summed E-state index contributed by atoms with van der Waals surface area (Å²) in [5, 5.41) is 0.218. The van der Waals surface area contributed by atoms with Crippen molar-refractivity contribution in [2.45, 2.75) is 0 Å². The van der Waals surface area contributed by atoms with Crippen molar-refractivity contribution in [1.82, 2.24) is 0 Å². The molecule has 0 aliphatic rings. The molecule has 0 spiro atoms. The van der Waals surface area contributed by atoms with E-state index < -0.39 is 7.60 Å². The van der Waals surface area contributed by atoms with Crippen molar-refractivity contribution in [3.63, 3.8) is 0 Å². The van der Waals surface area contributed by atoms with Crippen LogP contribution in [0.4, 0.5) is 5.69 Å². The van der Waals surface area contributed by atoms with E-state index in [0.717, 1.165) is 0 Å². The Labute approximate surface area is 99.2 Å². The Kier molecular flexibility index (Phi) is 3.18. The Balaban J connectivity index is 2.25. The summed E-state index contributed by atoms with van der Waals surface area (Å²) in [6, 6.07) is 14.6. The first-order valence-electron chi connectivity index (χ1n) is 5.01. The summed E-state index contributed by atoms with van der Waals surface area (Å²) in [5.74, 6) is 0.357. The second-order valence-electron chi connectivity index (χ2n) is 3.52. The van der Waals surface area contributed by atoms with E-state index >= 15 is 0 Å². The highest BCUT2D eigenvalue weighted by Crippen LogP contribution is 2.41. The van der Waals surface area contributed by atoms with Gasteiger partial charge in [0.05, 0.1) is 5.30 Å². The van der Waals surface area contributed by atoms with Crippen LogP contribution in [0.2, 0.25) is 0 Å². The third-order valence-electron chi connectivity index (χ3n) is 2.19. The van der Waals surface area contributed by atoms with Gasteiger partial charge in [0.1, 0.15) is 5.75 Å². The van der Waals surface area contributed by atoms with E-state index in [4.69, 9.17) is 10.3 Å². The number of anilines is 1. The molecule has 2 rings (SSSR count). The van der Waals surface area contributed by atoms with Crippen LogP contribution in [0.5, 0.6) is 5.75 Å². The zero-order valence-electron chi connectivity index (χ0n) is 8.98. The van der Waals surface area contributed by atoms with Crippen LogP contribution >= 0.6 is 7.60 Å². The molecular weight excluding hydrogens is 237 g/mol. The Hall–Kier alpha value is -1.77. The van der Waals surface area contributed by atoms with Crippen LogP contribution in [-0.2, 0) is 4.57 Å². The summed E-state index contributed by atoms with van der Waals surface area (Å²) in [5.41, 5.74) is 6.05. The molecule has 1 unspecified atom stereocenters. The van der Waals surface area contributed by atoms with E-state index in [2.05, 4.69) is 0 Å². The van der Waals surface area contributed by atoms with Crippen LogP contribution in [0.15, 0.2) is 54.6 Å². The van der Waals surface area contributed by atoms with Crippen LogP contribution in [0.3, 0.4) is 0 Å². The predicted molar refractivity (Wildman–Crippen MR) is 67.4 cm³/mol. The van der Waals surface area contributed by atoms with Crippen molar-refractivity contribution >= 4 is 18.6 Å². The van der Waals surface area contributed by atoms with Gasteiger partial charge in [-0.2, -0.15) is 0 Å². The molecule has 0 heterocycles. The number of benzene rings is 2. The predicted octanol–water partition coefficient (Wildman–Crippen LogP) is 2.16. The smallest absolute Gasteiger partial charge is 0.408 e. The first kappa shape index (κ1) is 11.7. The van der Waals surface area contributed by atoms with Gasteiger partial charge < -0.3 is 15.2 Å². The number of para-hydroxylation sites is 1. The second kappa shape index (κ2) is 4.62. The van der Waals surface area contributed by atoms with E-state index in [9.17, 15) is 9.46 Å². The van der Waals surface area contributed by atoms with Gasteiger partial charge in [0.2, 0.25) is 0 Å². The van der Waals surface area contributed by atoms with Crippen molar-refractivity contribution in [2.24, 2.45) is 0 Å². The third kappa shape index (κ3) is 2.87. The van der Waals surface area contributed by atoms with E-state index in [1.165, 1.54) is 12.1 Å². The van der Waals surface area contributed by atoms with Gasteiger partial charge in [-0.25, -0.2) is 4.57 Å². The molecule has 0 aliphatic heterocycles. The molecule has 0 bridgehead atoms. The molecule has 17 heavy (non-hydrogen) atoms. The summed E-state index contributed by atoms with van der Waals surface area (Å²) in [6.07, 6.45) is 0. The molecule has 0 fully saturated rings. The third-order valence-corrected chi connectivity index (χ3v) is 3.60. The fourth-order valence-electron chi connectivity index (χ4n) is 1.34. The van der Waals surface area contributed by atoms with Crippen molar-refractivity contribution in [3.8, 4) is 5.75 Å². The minimum atomic E-state index is -3.84. The van der Waals surface area contributed by atoms with Crippen molar-refractivity contribution in [1.29, 1.82) is 0 Å². The first-order chi connectivity index (χ1) is 8.08. The van der Waals surface area contributed by atoms with Crippen LogP contribution in [0.1, 0.15) is 0 Å². The molecule has 3 N–H and O–H groups in total. The van der Waals surface area contributed by atoms with E-state index in [1.807, 2.05) is 0 Å². The molecule has 0 aliphatic carbocycles. The van der Waals surface area contributed by atoms with E-state index in [-0.39, 0.29) is 5.30 Å². The molecule has 88 valence electrons. The average Bonchev–Trinajstić information content (AvgIpc) is 2.30. The molecule has 4 nitrogen and oxygen atoms in total. The lowest BCUT2D eigenvalue weighted by atomic mass is 10.3. The zero-order chi connectivity index (χ0) is 12.3. The van der Waals surface area contributed by atoms with E-state index in [1.54, 1.807) is 42.5 Å². The van der Waals surface area contributed by atoms with Gasteiger partial charge in [0.15, 0.2) is 0 Å². The van der Waals surface area contributed by atoms with Gasteiger partial charge in [0.25, 0.3) is 0 Å². The molecule has 2 aromatic rings. The highest BCUT2D eigenvalue weighted by molar-refractivity contribution is 7.61. The molecule has 0 amide bonds. The molecular formula is C12H12NO3P. The average molecular weight is 249 g/mol. The largest absolute Gasteiger partial charge is 0.421 e. The van der Waals surface area contributed by atoms with Crippen LogP contribution in [0.25, 0.3) is 0 Å². The summed E-state index contributed by atoms with van der Waals surface area (Å²) in [4.78, 5) is 9.82. The Morgan fingerprint density at radius 2 is 1.59 bits per heavy atom. The van der Waals surface area contributed by atoms with Crippen LogP contribution < -0.4 is 15.6 Å². The maximum atomic E-state index is 12.0. The quantitative estimate of drug-likeness (QED) is 0.645. The highest BCUT2D eigenvalue weighted by Gasteiger charge is 2.23. The molecule has 0 aromatic heterocycles.